The van der Waals surface area contributed by atoms with Gasteiger partial charge in [-0.1, -0.05) is 13.8 Å². The van der Waals surface area contributed by atoms with Crippen LogP contribution in [0.15, 0.2) is 35.5 Å². The van der Waals surface area contributed by atoms with E-state index < -0.39 is 28.9 Å². The molecule has 2 N–H and O–H groups in total. The van der Waals surface area contributed by atoms with Crippen LogP contribution in [-0.2, 0) is 32.6 Å². The van der Waals surface area contributed by atoms with Crippen molar-refractivity contribution in [2.45, 2.75) is 64.5 Å². The number of methoxy groups -OCH3 is 1. The summed E-state index contributed by atoms with van der Waals surface area (Å²) in [5.41, 5.74) is 7.69. The van der Waals surface area contributed by atoms with Crippen molar-refractivity contribution in [3.8, 4) is 5.75 Å². The highest BCUT2D eigenvalue weighted by molar-refractivity contribution is 7.09. The number of ether oxygens (including phenoxy) is 2. The van der Waals surface area contributed by atoms with Crippen molar-refractivity contribution < 1.29 is 19.1 Å². The van der Waals surface area contributed by atoms with Crippen LogP contribution in [0.2, 0.25) is 0 Å². The SMILES string of the molecule is COc1cc2c(cc1CC(C)C)C1N(CC2)C(C(=O)OC(C)(C)C)=CC1(C(N)=O)c1nccs1. The minimum Gasteiger partial charge on any atom is -0.496 e. The van der Waals surface area contributed by atoms with Gasteiger partial charge in [-0.15, -0.1) is 11.3 Å². The minimum atomic E-state index is -1.28. The molecular formula is C26H33N3O4S. The number of hydrogen-bond donors (Lipinski definition) is 1. The number of aromatic nitrogens is 1. The zero-order chi connectivity index (χ0) is 24.8. The Bertz CT molecular complexity index is 1130. The number of nitrogens with zero attached hydrogens (tertiary/aromatic N) is 2. The highest BCUT2D eigenvalue weighted by atomic mass is 32.1. The van der Waals surface area contributed by atoms with Gasteiger partial charge in [0.1, 0.15) is 27.5 Å². The van der Waals surface area contributed by atoms with E-state index in [9.17, 15) is 9.59 Å². The molecule has 8 heteroatoms. The Morgan fingerprint density at radius 3 is 2.62 bits per heavy atom. The quantitative estimate of drug-likeness (QED) is 0.626. The number of esters is 1. The van der Waals surface area contributed by atoms with Crippen LogP contribution in [0.1, 0.15) is 62.4 Å². The number of nitrogens with two attached hydrogens (primary N) is 1. The first kappa shape index (κ1) is 24.3. The van der Waals surface area contributed by atoms with Crippen LogP contribution < -0.4 is 10.5 Å². The molecule has 1 aromatic carbocycles. The summed E-state index contributed by atoms with van der Waals surface area (Å²) in [5, 5.41) is 2.40. The van der Waals surface area contributed by atoms with Gasteiger partial charge in [-0.05, 0) is 74.4 Å². The number of primary amides is 1. The zero-order valence-corrected chi connectivity index (χ0v) is 21.5. The van der Waals surface area contributed by atoms with E-state index in [4.69, 9.17) is 15.2 Å². The van der Waals surface area contributed by atoms with E-state index in [2.05, 4.69) is 31.0 Å². The normalized spacial score (nSPS) is 21.7. The van der Waals surface area contributed by atoms with Gasteiger partial charge in [0, 0.05) is 18.1 Å². The Kier molecular flexibility index (Phi) is 6.23. The Morgan fingerprint density at radius 2 is 2.06 bits per heavy atom. The van der Waals surface area contributed by atoms with E-state index in [1.54, 1.807) is 19.4 Å². The number of carbonyl (C=O) groups excluding carboxylic acids is 2. The van der Waals surface area contributed by atoms with Crippen molar-refractivity contribution in [2.75, 3.05) is 13.7 Å². The maximum absolute atomic E-state index is 13.3. The second-order valence-corrected chi connectivity index (χ2v) is 11.3. The smallest absolute Gasteiger partial charge is 0.354 e. The number of amides is 1. The van der Waals surface area contributed by atoms with Crippen LogP contribution in [0.25, 0.3) is 0 Å². The Balaban J connectivity index is 1.93. The molecule has 2 aliphatic heterocycles. The van der Waals surface area contributed by atoms with E-state index in [1.165, 1.54) is 11.3 Å². The van der Waals surface area contributed by atoms with Gasteiger partial charge in [-0.3, -0.25) is 4.79 Å². The fraction of sp³-hybridized carbons (Fsp3) is 0.500. The lowest BCUT2D eigenvalue weighted by Gasteiger charge is -2.41. The van der Waals surface area contributed by atoms with Gasteiger partial charge in [0.25, 0.3) is 0 Å². The van der Waals surface area contributed by atoms with Crippen LogP contribution in [-0.4, -0.2) is 41.0 Å². The van der Waals surface area contributed by atoms with Gasteiger partial charge in [0.05, 0.1) is 13.2 Å². The van der Waals surface area contributed by atoms with E-state index >= 15 is 0 Å². The fourth-order valence-corrected chi connectivity index (χ4v) is 5.88. The summed E-state index contributed by atoms with van der Waals surface area (Å²) in [4.78, 5) is 33.0. The lowest BCUT2D eigenvalue weighted by atomic mass is 9.74. The van der Waals surface area contributed by atoms with E-state index in [0.29, 0.717) is 29.6 Å². The predicted octanol–water partition coefficient (Wildman–Crippen LogP) is 3.91. The average molecular weight is 484 g/mol. The molecule has 0 saturated carbocycles. The summed E-state index contributed by atoms with van der Waals surface area (Å²) < 4.78 is 11.4. The van der Waals surface area contributed by atoms with Gasteiger partial charge in [-0.25, -0.2) is 9.78 Å². The van der Waals surface area contributed by atoms with Gasteiger partial charge in [-0.2, -0.15) is 0 Å². The van der Waals surface area contributed by atoms with Crippen LogP contribution in [0.3, 0.4) is 0 Å². The second-order valence-electron chi connectivity index (χ2n) is 10.4. The number of rotatable bonds is 6. The van der Waals surface area contributed by atoms with Crippen LogP contribution >= 0.6 is 11.3 Å². The van der Waals surface area contributed by atoms with Crippen molar-refractivity contribution in [2.24, 2.45) is 11.7 Å². The van der Waals surface area contributed by atoms with Crippen LogP contribution in [0.5, 0.6) is 5.75 Å². The number of benzene rings is 1. The molecule has 0 aliphatic carbocycles. The molecule has 7 nitrogen and oxygen atoms in total. The molecule has 2 aromatic rings. The third-order valence-corrected chi connectivity index (χ3v) is 7.23. The van der Waals surface area contributed by atoms with Gasteiger partial charge in [0.2, 0.25) is 5.91 Å². The number of hydrogen-bond acceptors (Lipinski definition) is 7. The van der Waals surface area contributed by atoms with E-state index in [-0.39, 0.29) is 0 Å². The maximum atomic E-state index is 13.3. The molecule has 182 valence electrons. The molecule has 0 radical (unpaired) electrons. The van der Waals surface area contributed by atoms with Crippen LogP contribution in [0, 0.1) is 5.92 Å². The lowest BCUT2D eigenvalue weighted by Crippen LogP contribution is -2.49. The Morgan fingerprint density at radius 1 is 1.32 bits per heavy atom. The molecule has 0 fully saturated rings. The topological polar surface area (TPSA) is 94.7 Å². The minimum absolute atomic E-state index is 0.362. The van der Waals surface area contributed by atoms with Crippen LogP contribution in [0.4, 0.5) is 0 Å². The Hall–Kier alpha value is -2.87. The van der Waals surface area contributed by atoms with E-state index in [0.717, 1.165) is 28.9 Å². The number of thiazole rings is 1. The van der Waals surface area contributed by atoms with Crippen molar-refractivity contribution in [3.63, 3.8) is 0 Å². The maximum Gasteiger partial charge on any atom is 0.354 e. The first-order valence-electron chi connectivity index (χ1n) is 11.6. The average Bonchev–Trinajstić information content (AvgIpc) is 3.38. The highest BCUT2D eigenvalue weighted by Gasteiger charge is 2.58. The van der Waals surface area contributed by atoms with E-state index in [1.807, 2.05) is 31.1 Å². The van der Waals surface area contributed by atoms with Gasteiger partial charge in [0.15, 0.2) is 0 Å². The van der Waals surface area contributed by atoms with Crippen molar-refractivity contribution in [3.05, 3.63) is 57.2 Å². The predicted molar refractivity (Wildman–Crippen MR) is 132 cm³/mol. The monoisotopic (exact) mass is 483 g/mol. The molecular weight excluding hydrogens is 450 g/mol. The first-order chi connectivity index (χ1) is 16.0. The fourth-order valence-electron chi connectivity index (χ4n) is 5.04. The third-order valence-electron chi connectivity index (χ3n) is 6.31. The summed E-state index contributed by atoms with van der Waals surface area (Å²) in [6.07, 6.45) is 4.89. The van der Waals surface area contributed by atoms with Crippen molar-refractivity contribution in [1.29, 1.82) is 0 Å². The van der Waals surface area contributed by atoms with Crippen molar-refractivity contribution in [1.82, 2.24) is 9.88 Å². The molecule has 1 amide bonds. The summed E-state index contributed by atoms with van der Waals surface area (Å²) >= 11 is 1.37. The molecule has 0 saturated heterocycles. The molecule has 2 atom stereocenters. The largest absolute Gasteiger partial charge is 0.496 e. The zero-order valence-electron chi connectivity index (χ0n) is 20.7. The number of carbonyl (C=O) groups is 2. The van der Waals surface area contributed by atoms with Gasteiger partial charge < -0.3 is 20.1 Å². The highest BCUT2D eigenvalue weighted by Crippen LogP contribution is 2.53. The molecule has 0 spiro atoms. The molecule has 1 aromatic heterocycles. The Labute approximate surface area is 205 Å². The second kappa shape index (κ2) is 8.73. The number of fused-ring (bicyclic) bond motifs is 3. The molecule has 3 heterocycles. The molecule has 4 rings (SSSR count). The van der Waals surface area contributed by atoms with Gasteiger partial charge >= 0.3 is 5.97 Å². The molecule has 34 heavy (non-hydrogen) atoms. The first-order valence-corrected chi connectivity index (χ1v) is 12.5. The summed E-state index contributed by atoms with van der Waals surface area (Å²) in [6, 6.07) is 3.71. The lowest BCUT2D eigenvalue weighted by molar-refractivity contribution is -0.152. The standard InChI is InChI=1S/C26H33N3O4S/c1-15(2)11-17-12-18-16(13-20(17)32-6)7-9-29-19(22(30)33-25(3,4)5)14-26(21(18)29,23(27)31)24-28-8-10-34-24/h8,10,12-15,21H,7,9,11H2,1-6H3,(H2,27,31). The van der Waals surface area contributed by atoms with Crippen molar-refractivity contribution >= 4 is 23.2 Å². The molecule has 0 bridgehead atoms. The summed E-state index contributed by atoms with van der Waals surface area (Å²) in [5.74, 6) is 0.269. The third kappa shape index (κ3) is 4.08. The molecule has 2 aliphatic rings. The summed E-state index contributed by atoms with van der Waals surface area (Å²) in [6.45, 7) is 10.4. The summed E-state index contributed by atoms with van der Waals surface area (Å²) in [7, 11) is 1.68. The molecule has 2 unspecified atom stereocenters.